The van der Waals surface area contributed by atoms with E-state index in [0.717, 1.165) is 0 Å². The number of fused-ring (bicyclic) bond motifs is 1. The molecule has 0 atom stereocenters. The zero-order valence-corrected chi connectivity index (χ0v) is 11.3. The van der Waals surface area contributed by atoms with Crippen molar-refractivity contribution >= 4 is 54.1 Å². The Kier molecular flexibility index (Phi) is 1.47. The number of H-pyrrole nitrogens is 1. The van der Waals surface area contributed by atoms with Crippen LogP contribution >= 0.6 is 0 Å². The second-order valence-corrected chi connectivity index (χ2v) is 5.91. The molecule has 0 amide bonds. The predicted octanol–water partition coefficient (Wildman–Crippen LogP) is 5.66. The van der Waals surface area contributed by atoms with Crippen LogP contribution in [0, 0.1) is 0 Å². The van der Waals surface area contributed by atoms with Crippen molar-refractivity contribution in [3.63, 3.8) is 0 Å². The van der Waals surface area contributed by atoms with E-state index in [2.05, 4.69) is 65.6 Å². The lowest BCUT2D eigenvalue weighted by Gasteiger charge is -2.13. The highest BCUT2D eigenvalue weighted by Gasteiger charge is 2.17. The lowest BCUT2D eigenvalue weighted by atomic mass is 9.89. The van der Waals surface area contributed by atoms with Crippen LogP contribution in [0.25, 0.3) is 54.1 Å². The Morgan fingerprint density at radius 2 is 1.14 bits per heavy atom. The largest absolute Gasteiger partial charge is 0.354 e. The van der Waals surface area contributed by atoms with Crippen molar-refractivity contribution in [3.8, 4) is 0 Å². The molecule has 0 aliphatic carbocycles. The van der Waals surface area contributed by atoms with Gasteiger partial charge in [-0.25, -0.2) is 0 Å². The minimum atomic E-state index is 1.24. The summed E-state index contributed by atoms with van der Waals surface area (Å²) in [5, 5.41) is 11.0. The summed E-state index contributed by atoms with van der Waals surface area (Å²) in [5.74, 6) is 0. The second-order valence-electron chi connectivity index (χ2n) is 5.91. The van der Waals surface area contributed by atoms with Gasteiger partial charge in [0.05, 0.1) is 0 Å². The molecule has 6 rings (SSSR count). The molecule has 5 aromatic carbocycles. The fourth-order valence-corrected chi connectivity index (χ4v) is 4.08. The van der Waals surface area contributed by atoms with Gasteiger partial charge in [-0.15, -0.1) is 0 Å². The van der Waals surface area contributed by atoms with Gasteiger partial charge in [-0.1, -0.05) is 48.5 Å². The third-order valence-corrected chi connectivity index (χ3v) is 4.90. The summed E-state index contributed by atoms with van der Waals surface area (Å²) in [7, 11) is 0. The van der Waals surface area contributed by atoms with E-state index in [0.29, 0.717) is 0 Å². The van der Waals surface area contributed by atoms with Crippen LogP contribution in [0.3, 0.4) is 0 Å². The van der Waals surface area contributed by atoms with Crippen molar-refractivity contribution in [1.82, 2.24) is 4.98 Å². The summed E-state index contributed by atoms with van der Waals surface area (Å²) in [6, 6.07) is 22.1. The van der Waals surface area contributed by atoms with Gasteiger partial charge >= 0.3 is 0 Å². The van der Waals surface area contributed by atoms with Gasteiger partial charge < -0.3 is 4.98 Å². The van der Waals surface area contributed by atoms with Crippen molar-refractivity contribution in [2.75, 3.05) is 0 Å². The molecule has 0 bridgehead atoms. The van der Waals surface area contributed by atoms with E-state index in [-0.39, 0.29) is 0 Å². The maximum Gasteiger partial charge on any atom is 0.0471 e. The van der Waals surface area contributed by atoms with Crippen LogP contribution in [-0.2, 0) is 0 Å². The SMILES string of the molecule is c1cc2ccc3ccc4[nH]c5cccc6c(c1)c2c3c4c56. The Hall–Kier alpha value is -2.80. The summed E-state index contributed by atoms with van der Waals surface area (Å²) < 4.78 is 0. The van der Waals surface area contributed by atoms with E-state index in [1.54, 1.807) is 0 Å². The molecule has 0 aliphatic rings. The fourth-order valence-electron chi connectivity index (χ4n) is 4.08. The third kappa shape index (κ3) is 0.995. The average molecular weight is 265 g/mol. The van der Waals surface area contributed by atoms with Gasteiger partial charge in [-0.05, 0) is 39.1 Å². The first-order chi connectivity index (χ1) is 10.4. The number of nitrogens with one attached hydrogen (secondary N) is 1. The second kappa shape index (κ2) is 3.09. The van der Waals surface area contributed by atoms with Crippen LogP contribution in [0.5, 0.6) is 0 Å². The van der Waals surface area contributed by atoms with Gasteiger partial charge in [0.2, 0.25) is 0 Å². The molecule has 21 heavy (non-hydrogen) atoms. The van der Waals surface area contributed by atoms with Gasteiger partial charge in [0, 0.05) is 27.2 Å². The maximum absolute atomic E-state index is 3.58. The summed E-state index contributed by atoms with van der Waals surface area (Å²) >= 11 is 0. The summed E-state index contributed by atoms with van der Waals surface area (Å²) in [5.41, 5.74) is 2.48. The van der Waals surface area contributed by atoms with Gasteiger partial charge in [0.15, 0.2) is 0 Å². The zero-order valence-electron chi connectivity index (χ0n) is 11.3. The lowest BCUT2D eigenvalue weighted by Crippen LogP contribution is -1.85. The van der Waals surface area contributed by atoms with Crippen LogP contribution < -0.4 is 0 Å². The lowest BCUT2D eigenvalue weighted by molar-refractivity contribution is 1.56. The van der Waals surface area contributed by atoms with E-state index in [1.807, 2.05) is 0 Å². The molecule has 96 valence electrons. The third-order valence-electron chi connectivity index (χ3n) is 4.90. The number of benzene rings is 5. The molecular weight excluding hydrogens is 254 g/mol. The average Bonchev–Trinajstić information content (AvgIpc) is 2.92. The van der Waals surface area contributed by atoms with Gasteiger partial charge in [-0.3, -0.25) is 0 Å². The van der Waals surface area contributed by atoms with Gasteiger partial charge in [-0.2, -0.15) is 0 Å². The van der Waals surface area contributed by atoms with Crippen LogP contribution in [-0.4, -0.2) is 4.98 Å². The van der Waals surface area contributed by atoms with Crippen LogP contribution in [0.15, 0.2) is 60.7 Å². The minimum Gasteiger partial charge on any atom is -0.354 e. The topological polar surface area (TPSA) is 15.8 Å². The maximum atomic E-state index is 3.58. The normalized spacial score (nSPS) is 12.8. The van der Waals surface area contributed by atoms with Gasteiger partial charge in [0.25, 0.3) is 0 Å². The van der Waals surface area contributed by atoms with Crippen molar-refractivity contribution in [2.45, 2.75) is 0 Å². The van der Waals surface area contributed by atoms with Crippen molar-refractivity contribution in [3.05, 3.63) is 60.7 Å². The van der Waals surface area contributed by atoms with E-state index in [9.17, 15) is 0 Å². The Balaban J connectivity index is 2.23. The molecule has 1 heteroatoms. The monoisotopic (exact) mass is 265 g/mol. The molecule has 1 N–H and O–H groups in total. The molecule has 1 aromatic heterocycles. The van der Waals surface area contributed by atoms with Gasteiger partial charge in [0.1, 0.15) is 0 Å². The molecule has 0 spiro atoms. The molecule has 0 radical (unpaired) electrons. The zero-order chi connectivity index (χ0) is 13.6. The van der Waals surface area contributed by atoms with E-state index in [4.69, 9.17) is 0 Å². The first-order valence-corrected chi connectivity index (χ1v) is 7.31. The molecule has 0 aliphatic heterocycles. The van der Waals surface area contributed by atoms with Crippen molar-refractivity contribution in [1.29, 1.82) is 0 Å². The fraction of sp³-hybridized carbons (Fsp3) is 0. The molecule has 0 saturated heterocycles. The Morgan fingerprint density at radius 1 is 0.476 bits per heavy atom. The Morgan fingerprint density at radius 3 is 2.05 bits per heavy atom. The highest BCUT2D eigenvalue weighted by molar-refractivity contribution is 6.39. The quantitative estimate of drug-likeness (QED) is 0.269. The standard InChI is InChI=1S/C20H11N/c1-3-11-7-8-12-9-10-16-20-18(12)17(11)13(4-1)14-5-2-6-15(21-16)19(14)20/h1-10,21H. The first kappa shape index (κ1) is 10.0. The van der Waals surface area contributed by atoms with Crippen molar-refractivity contribution in [2.24, 2.45) is 0 Å². The molecule has 0 fully saturated rings. The summed E-state index contributed by atoms with van der Waals surface area (Å²) in [6.07, 6.45) is 0. The number of rotatable bonds is 0. The van der Waals surface area contributed by atoms with Crippen LogP contribution in [0.1, 0.15) is 0 Å². The molecular formula is C20H11N. The number of aromatic amines is 1. The predicted molar refractivity (Wildman–Crippen MR) is 90.7 cm³/mol. The number of aromatic nitrogens is 1. The summed E-state index contributed by atoms with van der Waals surface area (Å²) in [6.45, 7) is 0. The minimum absolute atomic E-state index is 1.24. The van der Waals surface area contributed by atoms with Crippen LogP contribution in [0.2, 0.25) is 0 Å². The Labute approximate surface area is 120 Å². The van der Waals surface area contributed by atoms with E-state index >= 15 is 0 Å². The molecule has 0 saturated carbocycles. The first-order valence-electron chi connectivity index (χ1n) is 7.31. The molecule has 1 nitrogen and oxygen atoms in total. The molecule has 6 aromatic rings. The highest BCUT2D eigenvalue weighted by atomic mass is 14.7. The Bertz CT molecular complexity index is 1270. The van der Waals surface area contributed by atoms with Crippen molar-refractivity contribution < 1.29 is 0 Å². The van der Waals surface area contributed by atoms with E-state index < -0.39 is 0 Å². The number of hydrogen-bond acceptors (Lipinski definition) is 0. The number of hydrogen-bond donors (Lipinski definition) is 1. The van der Waals surface area contributed by atoms with E-state index in [1.165, 1.54) is 54.1 Å². The van der Waals surface area contributed by atoms with Crippen LogP contribution in [0.4, 0.5) is 0 Å². The molecule has 1 heterocycles. The summed E-state index contributed by atoms with van der Waals surface area (Å²) in [4.78, 5) is 3.58. The highest BCUT2D eigenvalue weighted by Crippen LogP contribution is 2.44. The molecule has 0 unspecified atom stereocenters. The smallest absolute Gasteiger partial charge is 0.0471 e.